The Bertz CT molecular complexity index is 1220. The lowest BCUT2D eigenvalue weighted by Gasteiger charge is -2.14. The zero-order valence-corrected chi connectivity index (χ0v) is 18.2. The number of carbonyl (C=O) groups excluding carboxylic acids is 1. The number of halogens is 1. The van der Waals surface area contributed by atoms with E-state index in [1.54, 1.807) is 19.2 Å². The Hall–Kier alpha value is -3.29. The molecule has 4 aromatic rings. The van der Waals surface area contributed by atoms with E-state index in [0.29, 0.717) is 33.1 Å². The number of hydrogen-bond donors (Lipinski definition) is 1. The van der Waals surface area contributed by atoms with Crippen LogP contribution in [-0.2, 0) is 5.75 Å². The SMILES string of the molecule is COc1ccccc1-n1c(SCc2ccc(C(N)=O)cc2)nnc1-c1ccccc1Cl. The minimum absolute atomic E-state index is 0.445. The summed E-state index contributed by atoms with van der Waals surface area (Å²) in [5.41, 5.74) is 8.43. The molecule has 0 fully saturated rings. The lowest BCUT2D eigenvalue weighted by atomic mass is 10.1. The highest BCUT2D eigenvalue weighted by Gasteiger charge is 2.20. The van der Waals surface area contributed by atoms with Crippen LogP contribution < -0.4 is 10.5 Å². The number of primary amides is 1. The quantitative estimate of drug-likeness (QED) is 0.401. The Morgan fingerprint density at radius 2 is 1.74 bits per heavy atom. The van der Waals surface area contributed by atoms with Crippen LogP contribution in [0.3, 0.4) is 0 Å². The number of ether oxygens (including phenoxy) is 1. The molecule has 8 heteroatoms. The van der Waals surface area contributed by atoms with Gasteiger partial charge in [0, 0.05) is 16.9 Å². The van der Waals surface area contributed by atoms with Gasteiger partial charge < -0.3 is 10.5 Å². The minimum atomic E-state index is -0.445. The Kier molecular flexibility index (Phi) is 6.25. The molecule has 0 aliphatic carbocycles. The number of nitrogens with two attached hydrogens (primary N) is 1. The fourth-order valence-electron chi connectivity index (χ4n) is 3.13. The predicted molar refractivity (Wildman–Crippen MR) is 123 cm³/mol. The first-order valence-corrected chi connectivity index (χ1v) is 10.8. The lowest BCUT2D eigenvalue weighted by molar-refractivity contribution is 0.100. The van der Waals surface area contributed by atoms with Crippen LogP contribution >= 0.6 is 23.4 Å². The third kappa shape index (κ3) is 4.42. The molecule has 1 aromatic heterocycles. The number of nitrogens with zero attached hydrogens (tertiary/aromatic N) is 3. The molecule has 0 radical (unpaired) electrons. The van der Waals surface area contributed by atoms with Gasteiger partial charge in [0.05, 0.1) is 17.8 Å². The van der Waals surface area contributed by atoms with Gasteiger partial charge >= 0.3 is 0 Å². The Morgan fingerprint density at radius 1 is 1.03 bits per heavy atom. The highest BCUT2D eigenvalue weighted by Crippen LogP contribution is 2.35. The summed E-state index contributed by atoms with van der Waals surface area (Å²) in [6.45, 7) is 0. The lowest BCUT2D eigenvalue weighted by Crippen LogP contribution is -2.10. The number of amides is 1. The average molecular weight is 451 g/mol. The van der Waals surface area contributed by atoms with E-state index in [9.17, 15) is 4.79 Å². The Morgan fingerprint density at radius 3 is 2.45 bits per heavy atom. The van der Waals surface area contributed by atoms with Gasteiger partial charge in [-0.25, -0.2) is 0 Å². The van der Waals surface area contributed by atoms with Gasteiger partial charge in [-0.05, 0) is 42.0 Å². The molecule has 3 aromatic carbocycles. The van der Waals surface area contributed by atoms with Gasteiger partial charge in [0.25, 0.3) is 0 Å². The Balaban J connectivity index is 1.74. The van der Waals surface area contributed by atoms with E-state index < -0.39 is 5.91 Å². The van der Waals surface area contributed by atoms with Crippen molar-refractivity contribution in [1.82, 2.24) is 14.8 Å². The summed E-state index contributed by atoms with van der Waals surface area (Å²) in [5, 5.41) is 10.2. The predicted octanol–water partition coefficient (Wildman–Crippen LogP) is 4.99. The molecule has 2 N–H and O–H groups in total. The molecular formula is C23H19ClN4O2S. The number of hydrogen-bond acceptors (Lipinski definition) is 5. The summed E-state index contributed by atoms with van der Waals surface area (Å²) in [7, 11) is 1.63. The van der Waals surface area contributed by atoms with E-state index in [1.165, 1.54) is 11.8 Å². The summed E-state index contributed by atoms with van der Waals surface area (Å²) >= 11 is 7.98. The summed E-state index contributed by atoms with van der Waals surface area (Å²) in [4.78, 5) is 11.3. The highest BCUT2D eigenvalue weighted by atomic mass is 35.5. The molecule has 0 saturated heterocycles. The maximum absolute atomic E-state index is 11.3. The van der Waals surface area contributed by atoms with Gasteiger partial charge in [-0.2, -0.15) is 0 Å². The van der Waals surface area contributed by atoms with Crippen molar-refractivity contribution in [1.29, 1.82) is 0 Å². The van der Waals surface area contributed by atoms with Crippen LogP contribution in [0.25, 0.3) is 17.1 Å². The van der Waals surface area contributed by atoms with Gasteiger partial charge in [-0.1, -0.05) is 59.8 Å². The van der Waals surface area contributed by atoms with Gasteiger partial charge in [0.15, 0.2) is 11.0 Å². The molecule has 1 amide bonds. The number of rotatable bonds is 7. The van der Waals surface area contributed by atoms with E-state index in [-0.39, 0.29) is 0 Å². The second-order valence-corrected chi connectivity index (χ2v) is 7.99. The fourth-order valence-corrected chi connectivity index (χ4v) is 4.25. The summed E-state index contributed by atoms with van der Waals surface area (Å²) in [6, 6.07) is 22.4. The van der Waals surface area contributed by atoms with E-state index >= 15 is 0 Å². The molecule has 0 aliphatic heterocycles. The average Bonchev–Trinajstić information content (AvgIpc) is 3.21. The maximum Gasteiger partial charge on any atom is 0.248 e. The maximum atomic E-state index is 11.3. The van der Waals surface area contributed by atoms with Crippen LogP contribution in [0.2, 0.25) is 5.02 Å². The van der Waals surface area contributed by atoms with Crippen molar-refractivity contribution in [3.8, 4) is 22.8 Å². The molecule has 4 rings (SSSR count). The highest BCUT2D eigenvalue weighted by molar-refractivity contribution is 7.98. The second-order valence-electron chi connectivity index (χ2n) is 6.64. The zero-order valence-electron chi connectivity index (χ0n) is 16.7. The molecule has 0 bridgehead atoms. The number of benzene rings is 3. The van der Waals surface area contributed by atoms with E-state index in [2.05, 4.69) is 10.2 Å². The number of para-hydroxylation sites is 2. The molecule has 6 nitrogen and oxygen atoms in total. The smallest absolute Gasteiger partial charge is 0.248 e. The summed E-state index contributed by atoms with van der Waals surface area (Å²) < 4.78 is 7.53. The molecule has 0 spiro atoms. The van der Waals surface area contributed by atoms with E-state index in [0.717, 1.165) is 16.8 Å². The number of carbonyl (C=O) groups is 1. The minimum Gasteiger partial charge on any atom is -0.495 e. The molecule has 31 heavy (non-hydrogen) atoms. The summed E-state index contributed by atoms with van der Waals surface area (Å²) in [5.74, 6) is 1.51. The monoisotopic (exact) mass is 450 g/mol. The first-order chi connectivity index (χ1) is 15.1. The fraction of sp³-hybridized carbons (Fsp3) is 0.0870. The number of aromatic nitrogens is 3. The normalized spacial score (nSPS) is 10.8. The van der Waals surface area contributed by atoms with Crippen LogP contribution in [0.4, 0.5) is 0 Å². The van der Waals surface area contributed by atoms with Crippen molar-refractivity contribution in [3.63, 3.8) is 0 Å². The number of methoxy groups -OCH3 is 1. The van der Waals surface area contributed by atoms with Crippen molar-refractivity contribution in [2.45, 2.75) is 10.9 Å². The van der Waals surface area contributed by atoms with Crippen LogP contribution in [0, 0.1) is 0 Å². The van der Waals surface area contributed by atoms with Gasteiger partial charge in [-0.3, -0.25) is 9.36 Å². The van der Waals surface area contributed by atoms with Crippen LogP contribution in [0.5, 0.6) is 5.75 Å². The molecule has 0 aliphatic rings. The molecular weight excluding hydrogens is 432 g/mol. The van der Waals surface area contributed by atoms with Gasteiger partial charge in [0.2, 0.25) is 5.91 Å². The third-order valence-corrected chi connectivity index (χ3v) is 6.01. The molecule has 0 atom stereocenters. The first-order valence-electron chi connectivity index (χ1n) is 9.43. The Labute approximate surface area is 189 Å². The number of thioether (sulfide) groups is 1. The zero-order chi connectivity index (χ0) is 21.8. The summed E-state index contributed by atoms with van der Waals surface area (Å²) in [6.07, 6.45) is 0. The van der Waals surface area contributed by atoms with Crippen LogP contribution in [0.1, 0.15) is 15.9 Å². The van der Waals surface area contributed by atoms with E-state index in [4.69, 9.17) is 22.1 Å². The van der Waals surface area contributed by atoms with Crippen molar-refractivity contribution in [2.24, 2.45) is 5.73 Å². The van der Waals surface area contributed by atoms with Crippen LogP contribution in [-0.4, -0.2) is 27.8 Å². The van der Waals surface area contributed by atoms with Gasteiger partial charge in [-0.15, -0.1) is 10.2 Å². The topological polar surface area (TPSA) is 83.0 Å². The third-order valence-electron chi connectivity index (χ3n) is 4.68. The second kappa shape index (κ2) is 9.24. The van der Waals surface area contributed by atoms with Gasteiger partial charge in [0.1, 0.15) is 5.75 Å². The molecule has 156 valence electrons. The molecule has 0 saturated carbocycles. The largest absolute Gasteiger partial charge is 0.495 e. The van der Waals surface area contributed by atoms with Crippen molar-refractivity contribution in [2.75, 3.05) is 7.11 Å². The van der Waals surface area contributed by atoms with Crippen molar-refractivity contribution < 1.29 is 9.53 Å². The molecule has 1 heterocycles. The first kappa shape index (κ1) is 21.0. The standard InChI is InChI=1S/C23H19ClN4O2S/c1-30-20-9-5-4-8-19(20)28-22(17-6-2-3-7-18(17)24)26-27-23(28)31-14-15-10-12-16(13-11-15)21(25)29/h2-13H,14H2,1H3,(H2,25,29). The van der Waals surface area contributed by atoms with Crippen molar-refractivity contribution >= 4 is 29.3 Å². The van der Waals surface area contributed by atoms with Crippen LogP contribution in [0.15, 0.2) is 78.0 Å². The molecule has 0 unspecified atom stereocenters. The van der Waals surface area contributed by atoms with Crippen molar-refractivity contribution in [3.05, 3.63) is 88.9 Å². The van der Waals surface area contributed by atoms with E-state index in [1.807, 2.05) is 65.2 Å².